The maximum Gasteiger partial charge on any atom is 0.0682 e. The van der Waals surface area contributed by atoms with Crippen molar-refractivity contribution >= 4 is 10.9 Å². The van der Waals surface area contributed by atoms with E-state index in [4.69, 9.17) is 0 Å². The topological polar surface area (TPSA) is 36.0 Å². The first-order valence-corrected chi connectivity index (χ1v) is 6.55. The Bertz CT molecular complexity index is 685. The Hall–Kier alpha value is -2.06. The third kappa shape index (κ3) is 2.27. The van der Waals surface area contributed by atoms with Gasteiger partial charge in [0.05, 0.1) is 6.61 Å². The maximum absolute atomic E-state index is 9.18. The third-order valence-electron chi connectivity index (χ3n) is 3.66. The quantitative estimate of drug-likeness (QED) is 0.729. The summed E-state index contributed by atoms with van der Waals surface area (Å²) < 4.78 is 0. The van der Waals surface area contributed by atoms with Crippen LogP contribution in [0.3, 0.4) is 0 Å². The number of aromatic nitrogens is 1. The van der Waals surface area contributed by atoms with E-state index in [1.165, 1.54) is 16.6 Å². The van der Waals surface area contributed by atoms with Crippen LogP contribution in [0.2, 0.25) is 0 Å². The molecule has 1 unspecified atom stereocenters. The van der Waals surface area contributed by atoms with E-state index in [0.29, 0.717) is 5.92 Å². The van der Waals surface area contributed by atoms with Gasteiger partial charge in [0.1, 0.15) is 0 Å². The van der Waals surface area contributed by atoms with Gasteiger partial charge in [-0.3, -0.25) is 0 Å². The summed E-state index contributed by atoms with van der Waals surface area (Å²) in [4.78, 5) is 3.46. The van der Waals surface area contributed by atoms with Crippen molar-refractivity contribution in [3.8, 4) is 0 Å². The van der Waals surface area contributed by atoms with Crippen molar-refractivity contribution in [1.82, 2.24) is 4.98 Å². The van der Waals surface area contributed by atoms with Crippen molar-refractivity contribution in [2.45, 2.75) is 19.4 Å². The minimum Gasteiger partial charge on any atom is -0.392 e. The summed E-state index contributed by atoms with van der Waals surface area (Å²) in [6, 6.07) is 18.7. The Morgan fingerprint density at radius 3 is 2.58 bits per heavy atom. The molecule has 19 heavy (non-hydrogen) atoms. The zero-order valence-corrected chi connectivity index (χ0v) is 10.9. The molecule has 0 aliphatic carbocycles. The van der Waals surface area contributed by atoms with E-state index in [1.54, 1.807) is 0 Å². The van der Waals surface area contributed by atoms with Gasteiger partial charge in [0.15, 0.2) is 0 Å². The molecule has 2 nitrogen and oxygen atoms in total. The summed E-state index contributed by atoms with van der Waals surface area (Å²) in [5, 5.41) is 10.4. The first-order valence-electron chi connectivity index (χ1n) is 6.55. The molecule has 0 radical (unpaired) electrons. The molecule has 0 aliphatic heterocycles. The monoisotopic (exact) mass is 251 g/mol. The summed E-state index contributed by atoms with van der Waals surface area (Å²) in [6.07, 6.45) is 0. The summed E-state index contributed by atoms with van der Waals surface area (Å²) in [5.74, 6) is 0.339. The second-order valence-electron chi connectivity index (χ2n) is 4.94. The normalized spacial score (nSPS) is 12.7. The second kappa shape index (κ2) is 4.90. The highest BCUT2D eigenvalue weighted by molar-refractivity contribution is 5.81. The molecule has 0 aliphatic rings. The minimum absolute atomic E-state index is 0.0819. The van der Waals surface area contributed by atoms with Crippen molar-refractivity contribution in [1.29, 1.82) is 0 Å². The summed E-state index contributed by atoms with van der Waals surface area (Å²) in [5.41, 5.74) is 4.53. The summed E-state index contributed by atoms with van der Waals surface area (Å²) in [7, 11) is 0. The van der Waals surface area contributed by atoms with Crippen LogP contribution in [0.15, 0.2) is 54.6 Å². The molecule has 1 heterocycles. The highest BCUT2D eigenvalue weighted by Crippen LogP contribution is 2.27. The highest BCUT2D eigenvalue weighted by atomic mass is 16.3. The lowest BCUT2D eigenvalue weighted by molar-refractivity contribution is 0.282. The van der Waals surface area contributed by atoms with Gasteiger partial charge >= 0.3 is 0 Å². The van der Waals surface area contributed by atoms with Gasteiger partial charge in [-0.05, 0) is 28.6 Å². The summed E-state index contributed by atoms with van der Waals surface area (Å²) in [6.45, 7) is 2.28. The van der Waals surface area contributed by atoms with Crippen molar-refractivity contribution in [2.75, 3.05) is 0 Å². The Balaban J connectivity index is 2.01. The number of aromatic amines is 1. The number of rotatable bonds is 3. The predicted octanol–water partition coefficient (Wildman–Crippen LogP) is 3.81. The molecule has 3 aromatic rings. The van der Waals surface area contributed by atoms with Gasteiger partial charge in [-0.15, -0.1) is 0 Å². The Morgan fingerprint density at radius 2 is 1.84 bits per heavy atom. The Labute approximate surface area is 112 Å². The van der Waals surface area contributed by atoms with Crippen LogP contribution in [-0.2, 0) is 6.61 Å². The van der Waals surface area contributed by atoms with Crippen LogP contribution in [0.4, 0.5) is 0 Å². The molecule has 2 N–H and O–H groups in total. The molecule has 0 amide bonds. The van der Waals surface area contributed by atoms with E-state index in [9.17, 15) is 5.11 Å². The molecule has 0 fully saturated rings. The van der Waals surface area contributed by atoms with Crippen LogP contribution in [0.25, 0.3) is 10.9 Å². The number of fused-ring (bicyclic) bond motifs is 1. The second-order valence-corrected chi connectivity index (χ2v) is 4.94. The maximum atomic E-state index is 9.18. The van der Waals surface area contributed by atoms with Gasteiger partial charge in [-0.1, -0.05) is 49.4 Å². The van der Waals surface area contributed by atoms with Crippen molar-refractivity contribution in [3.05, 3.63) is 71.4 Å². The Kier molecular flexibility index (Phi) is 3.10. The van der Waals surface area contributed by atoms with Crippen molar-refractivity contribution < 1.29 is 5.11 Å². The smallest absolute Gasteiger partial charge is 0.0682 e. The van der Waals surface area contributed by atoms with Gasteiger partial charge in [0.2, 0.25) is 0 Å². The number of nitrogens with one attached hydrogen (secondary N) is 1. The molecule has 0 saturated heterocycles. The van der Waals surface area contributed by atoms with Crippen LogP contribution in [0.1, 0.15) is 29.7 Å². The molecule has 3 rings (SSSR count). The largest absolute Gasteiger partial charge is 0.392 e. The molecular formula is C17H17NO. The van der Waals surface area contributed by atoms with Crippen LogP contribution in [0.5, 0.6) is 0 Å². The fraction of sp³-hybridized carbons (Fsp3) is 0.176. The van der Waals surface area contributed by atoms with Gasteiger partial charge in [0, 0.05) is 17.1 Å². The van der Waals surface area contributed by atoms with E-state index in [0.717, 1.165) is 11.1 Å². The van der Waals surface area contributed by atoms with Crippen molar-refractivity contribution in [3.63, 3.8) is 0 Å². The van der Waals surface area contributed by atoms with Crippen molar-refractivity contribution in [2.24, 2.45) is 0 Å². The number of hydrogen-bond donors (Lipinski definition) is 2. The predicted molar refractivity (Wildman–Crippen MR) is 78.2 cm³/mol. The van der Waals surface area contributed by atoms with Gasteiger partial charge < -0.3 is 10.1 Å². The molecule has 1 aromatic heterocycles. The average Bonchev–Trinajstić information content (AvgIpc) is 2.90. The lowest BCUT2D eigenvalue weighted by Gasteiger charge is -2.09. The number of hydrogen-bond acceptors (Lipinski definition) is 1. The van der Waals surface area contributed by atoms with Crippen LogP contribution in [-0.4, -0.2) is 10.1 Å². The molecule has 0 saturated carbocycles. The first kappa shape index (κ1) is 12.0. The standard InChI is InChI=1S/C17H17NO/c1-12(14-5-3-2-4-6-14)16-10-15-8-7-13(11-19)9-17(15)18-16/h2-10,12,18-19H,11H2,1H3. The highest BCUT2D eigenvalue weighted by Gasteiger charge is 2.11. The van der Waals surface area contributed by atoms with Gasteiger partial charge in [-0.25, -0.2) is 0 Å². The fourth-order valence-electron chi connectivity index (χ4n) is 2.45. The zero-order chi connectivity index (χ0) is 13.2. The number of benzene rings is 2. The van der Waals surface area contributed by atoms with E-state index in [-0.39, 0.29) is 6.61 Å². The molecular weight excluding hydrogens is 234 g/mol. The van der Waals surface area contributed by atoms with E-state index < -0.39 is 0 Å². The number of aliphatic hydroxyl groups excluding tert-OH is 1. The Morgan fingerprint density at radius 1 is 1.05 bits per heavy atom. The van der Waals surface area contributed by atoms with E-state index in [2.05, 4.69) is 48.3 Å². The lowest BCUT2D eigenvalue weighted by Crippen LogP contribution is -1.95. The minimum atomic E-state index is 0.0819. The molecule has 2 heteroatoms. The molecule has 2 aromatic carbocycles. The van der Waals surface area contributed by atoms with Crippen LogP contribution < -0.4 is 0 Å². The van der Waals surface area contributed by atoms with Crippen LogP contribution in [0, 0.1) is 0 Å². The zero-order valence-electron chi connectivity index (χ0n) is 10.9. The fourth-order valence-corrected chi connectivity index (χ4v) is 2.45. The number of H-pyrrole nitrogens is 1. The van der Waals surface area contributed by atoms with E-state index in [1.807, 2.05) is 18.2 Å². The molecule has 0 spiro atoms. The van der Waals surface area contributed by atoms with Crippen LogP contribution >= 0.6 is 0 Å². The lowest BCUT2D eigenvalue weighted by atomic mass is 9.98. The van der Waals surface area contributed by atoms with Gasteiger partial charge in [-0.2, -0.15) is 0 Å². The first-order chi connectivity index (χ1) is 9.28. The molecule has 1 atom stereocenters. The summed E-state index contributed by atoms with van der Waals surface area (Å²) >= 11 is 0. The molecule has 96 valence electrons. The number of aliphatic hydroxyl groups is 1. The average molecular weight is 251 g/mol. The SMILES string of the molecule is CC(c1ccccc1)c1cc2ccc(CO)cc2[nH]1. The van der Waals surface area contributed by atoms with Gasteiger partial charge in [0.25, 0.3) is 0 Å². The van der Waals surface area contributed by atoms with E-state index >= 15 is 0 Å². The third-order valence-corrected chi connectivity index (χ3v) is 3.66. The molecule has 0 bridgehead atoms.